The van der Waals surface area contributed by atoms with Gasteiger partial charge in [-0.15, -0.1) is 0 Å². The molecular formula is C14H14N6. The van der Waals surface area contributed by atoms with Gasteiger partial charge in [0.05, 0.1) is 6.20 Å². The Morgan fingerprint density at radius 2 is 2.05 bits per heavy atom. The van der Waals surface area contributed by atoms with E-state index >= 15 is 0 Å². The predicted molar refractivity (Wildman–Crippen MR) is 76.8 cm³/mol. The first-order valence-electron chi connectivity index (χ1n) is 6.12. The van der Waals surface area contributed by atoms with Crippen molar-refractivity contribution >= 4 is 11.5 Å². The van der Waals surface area contributed by atoms with E-state index in [0.29, 0.717) is 11.5 Å². The minimum atomic E-state index is -0.892. The number of nitrogens with one attached hydrogen (secondary N) is 1. The van der Waals surface area contributed by atoms with Crippen LogP contribution in [0.2, 0.25) is 0 Å². The Labute approximate surface area is 116 Å². The maximum Gasteiger partial charge on any atom is 0.151 e. The van der Waals surface area contributed by atoms with Crippen molar-refractivity contribution in [2.24, 2.45) is 5.73 Å². The highest BCUT2D eigenvalue weighted by molar-refractivity contribution is 5.69. The van der Waals surface area contributed by atoms with Gasteiger partial charge in [-0.05, 0) is 24.3 Å². The summed E-state index contributed by atoms with van der Waals surface area (Å²) in [6, 6.07) is 3.65. The fraction of sp³-hybridized carbons (Fsp3) is 0.0714. The zero-order chi connectivity index (χ0) is 14.0. The first kappa shape index (κ1) is 12.3. The molecule has 0 fully saturated rings. The molecule has 0 aromatic carbocycles. The molecule has 1 aliphatic rings. The quantitative estimate of drug-likeness (QED) is 0.741. The lowest BCUT2D eigenvalue weighted by Crippen LogP contribution is -2.49. The van der Waals surface area contributed by atoms with E-state index in [4.69, 9.17) is 11.5 Å². The summed E-state index contributed by atoms with van der Waals surface area (Å²) in [5, 5.41) is 3.26. The lowest BCUT2D eigenvalue weighted by molar-refractivity contribution is 0.487. The second-order valence-electron chi connectivity index (χ2n) is 4.49. The molecule has 0 bridgehead atoms. The first-order chi connectivity index (χ1) is 9.67. The van der Waals surface area contributed by atoms with Gasteiger partial charge in [-0.2, -0.15) is 0 Å². The summed E-state index contributed by atoms with van der Waals surface area (Å²) in [5.74, 6) is 0.460. The highest BCUT2D eigenvalue weighted by Gasteiger charge is 2.28. The van der Waals surface area contributed by atoms with Crippen molar-refractivity contribution in [3.8, 4) is 0 Å². The number of nitrogens with two attached hydrogens (primary N) is 2. The molecule has 20 heavy (non-hydrogen) atoms. The highest BCUT2D eigenvalue weighted by Crippen LogP contribution is 2.24. The van der Waals surface area contributed by atoms with Gasteiger partial charge in [-0.1, -0.05) is 6.08 Å². The van der Waals surface area contributed by atoms with Crippen LogP contribution in [0.15, 0.2) is 55.1 Å². The third-order valence-electron chi connectivity index (χ3n) is 3.04. The Bertz CT molecular complexity index is 679. The van der Waals surface area contributed by atoms with Gasteiger partial charge in [0.2, 0.25) is 0 Å². The molecule has 5 N–H and O–H groups in total. The molecule has 0 saturated carbocycles. The second kappa shape index (κ2) is 4.75. The monoisotopic (exact) mass is 266 g/mol. The maximum atomic E-state index is 6.36. The van der Waals surface area contributed by atoms with Gasteiger partial charge in [0, 0.05) is 29.9 Å². The summed E-state index contributed by atoms with van der Waals surface area (Å²) in [6.07, 6.45) is 12.2. The van der Waals surface area contributed by atoms with E-state index in [2.05, 4.69) is 20.3 Å². The van der Waals surface area contributed by atoms with E-state index in [1.807, 2.05) is 24.3 Å². The van der Waals surface area contributed by atoms with Crippen LogP contribution in [-0.2, 0) is 5.66 Å². The van der Waals surface area contributed by atoms with Gasteiger partial charge < -0.3 is 16.8 Å². The third-order valence-corrected chi connectivity index (χ3v) is 3.04. The number of allylic oxidation sites excluding steroid dienone is 2. The highest BCUT2D eigenvalue weighted by atomic mass is 15.1. The standard InChI is InChI=1S/C14H14N6/c15-13-8-10(3-5-19-13)11-2-1-4-14(16,20-11)12-9-17-6-7-18-12/h1-9,20H,16H2,(H2,15,19). The van der Waals surface area contributed by atoms with Crippen LogP contribution < -0.4 is 16.8 Å². The average Bonchev–Trinajstić information content (AvgIpc) is 2.48. The van der Waals surface area contributed by atoms with Crippen LogP contribution in [0.4, 0.5) is 5.82 Å². The fourth-order valence-corrected chi connectivity index (χ4v) is 2.05. The summed E-state index contributed by atoms with van der Waals surface area (Å²) in [6.45, 7) is 0. The predicted octanol–water partition coefficient (Wildman–Crippen LogP) is 0.766. The number of aromatic nitrogens is 3. The Kier molecular flexibility index (Phi) is 2.92. The molecular weight excluding hydrogens is 252 g/mol. The molecule has 2 aromatic heterocycles. The molecule has 3 rings (SSSR count). The molecule has 0 saturated heterocycles. The van der Waals surface area contributed by atoms with Gasteiger partial charge in [0.15, 0.2) is 5.66 Å². The number of rotatable bonds is 2. The van der Waals surface area contributed by atoms with Gasteiger partial charge in [-0.25, -0.2) is 4.98 Å². The smallest absolute Gasteiger partial charge is 0.151 e. The maximum absolute atomic E-state index is 6.36. The molecule has 3 heterocycles. The molecule has 1 aliphatic heterocycles. The lowest BCUT2D eigenvalue weighted by Gasteiger charge is -2.31. The number of anilines is 1. The number of hydrogen-bond donors (Lipinski definition) is 3. The van der Waals surface area contributed by atoms with Crippen LogP contribution in [0.3, 0.4) is 0 Å². The summed E-state index contributed by atoms with van der Waals surface area (Å²) in [5.41, 5.74) is 13.6. The van der Waals surface area contributed by atoms with Crippen LogP contribution in [-0.4, -0.2) is 15.0 Å². The van der Waals surface area contributed by atoms with Crippen LogP contribution >= 0.6 is 0 Å². The Hall–Kier alpha value is -2.73. The zero-order valence-electron chi connectivity index (χ0n) is 10.7. The average molecular weight is 266 g/mol. The summed E-state index contributed by atoms with van der Waals surface area (Å²) >= 11 is 0. The molecule has 1 unspecified atom stereocenters. The Morgan fingerprint density at radius 3 is 2.80 bits per heavy atom. The van der Waals surface area contributed by atoms with E-state index in [1.165, 1.54) is 0 Å². The Morgan fingerprint density at radius 1 is 1.15 bits per heavy atom. The summed E-state index contributed by atoms with van der Waals surface area (Å²) in [4.78, 5) is 12.3. The van der Waals surface area contributed by atoms with Gasteiger partial charge >= 0.3 is 0 Å². The molecule has 0 amide bonds. The summed E-state index contributed by atoms with van der Waals surface area (Å²) < 4.78 is 0. The molecule has 6 heteroatoms. The van der Waals surface area contributed by atoms with Crippen LogP contribution in [0.5, 0.6) is 0 Å². The minimum Gasteiger partial charge on any atom is -0.384 e. The fourth-order valence-electron chi connectivity index (χ4n) is 2.05. The number of dihydropyridines is 1. The zero-order valence-corrected chi connectivity index (χ0v) is 10.7. The van der Waals surface area contributed by atoms with Crippen molar-refractivity contribution in [2.45, 2.75) is 5.66 Å². The van der Waals surface area contributed by atoms with Gasteiger partial charge in [0.25, 0.3) is 0 Å². The van der Waals surface area contributed by atoms with Crippen molar-refractivity contribution in [1.29, 1.82) is 0 Å². The van der Waals surface area contributed by atoms with Gasteiger partial charge in [-0.3, -0.25) is 9.97 Å². The van der Waals surface area contributed by atoms with Crippen molar-refractivity contribution in [3.05, 3.63) is 66.4 Å². The SMILES string of the molecule is Nc1cc(C2=CC=CC(N)(c3cnccn3)N2)ccn1. The van der Waals surface area contributed by atoms with E-state index in [-0.39, 0.29) is 0 Å². The second-order valence-corrected chi connectivity index (χ2v) is 4.49. The van der Waals surface area contributed by atoms with Crippen molar-refractivity contribution in [1.82, 2.24) is 20.3 Å². The van der Waals surface area contributed by atoms with E-state index in [9.17, 15) is 0 Å². The van der Waals surface area contributed by atoms with Crippen molar-refractivity contribution in [2.75, 3.05) is 5.73 Å². The molecule has 0 spiro atoms. The molecule has 0 aliphatic carbocycles. The number of nitrogens with zero attached hydrogens (tertiary/aromatic N) is 3. The molecule has 6 nitrogen and oxygen atoms in total. The van der Waals surface area contributed by atoms with Crippen molar-refractivity contribution in [3.63, 3.8) is 0 Å². The molecule has 2 aromatic rings. The van der Waals surface area contributed by atoms with Crippen LogP contribution in [0.25, 0.3) is 5.70 Å². The number of pyridine rings is 1. The topological polar surface area (TPSA) is 103 Å². The normalized spacial score (nSPS) is 21.1. The molecule has 100 valence electrons. The van der Waals surface area contributed by atoms with E-state index < -0.39 is 5.66 Å². The van der Waals surface area contributed by atoms with Crippen LogP contribution in [0.1, 0.15) is 11.3 Å². The minimum absolute atomic E-state index is 0.460. The number of nitrogen functional groups attached to an aromatic ring is 1. The molecule has 1 atom stereocenters. The summed E-state index contributed by atoms with van der Waals surface area (Å²) in [7, 11) is 0. The van der Waals surface area contributed by atoms with E-state index in [0.717, 1.165) is 11.3 Å². The first-order valence-corrected chi connectivity index (χ1v) is 6.12. The lowest BCUT2D eigenvalue weighted by atomic mass is 10.0. The number of hydrogen-bond acceptors (Lipinski definition) is 6. The van der Waals surface area contributed by atoms with Gasteiger partial charge in [0.1, 0.15) is 11.5 Å². The third kappa shape index (κ3) is 2.24. The molecule has 0 radical (unpaired) electrons. The Balaban J connectivity index is 1.95. The van der Waals surface area contributed by atoms with E-state index in [1.54, 1.807) is 30.9 Å². The largest absolute Gasteiger partial charge is 0.384 e. The van der Waals surface area contributed by atoms with Crippen LogP contribution in [0, 0.1) is 0 Å². The van der Waals surface area contributed by atoms with Crippen molar-refractivity contribution < 1.29 is 0 Å².